The molecule has 0 N–H and O–H groups in total. The van der Waals surface area contributed by atoms with Gasteiger partial charge in [-0.1, -0.05) is 25.1 Å². The van der Waals surface area contributed by atoms with E-state index < -0.39 is 0 Å². The Labute approximate surface area is 142 Å². The standard InChI is InChI=1S/C21H23NO2/c1-4-16-8-9-20-18(12-16)10-11-22(20)14-17-6-5-7-19(13-17)21(23)24-15(2)3/h5-13,15H,4,14H2,1-3H3. The highest BCUT2D eigenvalue weighted by molar-refractivity contribution is 5.89. The first-order valence-electron chi connectivity index (χ1n) is 8.44. The molecule has 0 saturated heterocycles. The molecule has 0 amide bonds. The Kier molecular flexibility index (Phi) is 4.70. The molecule has 1 heterocycles. The topological polar surface area (TPSA) is 31.2 Å². The molecule has 0 spiro atoms. The van der Waals surface area contributed by atoms with Crippen molar-refractivity contribution in [3.8, 4) is 0 Å². The number of ether oxygens (including phenoxy) is 1. The van der Waals surface area contributed by atoms with Crippen LogP contribution in [-0.2, 0) is 17.7 Å². The maximum atomic E-state index is 12.1. The highest BCUT2D eigenvalue weighted by Gasteiger charge is 2.10. The first-order chi connectivity index (χ1) is 11.6. The molecule has 0 unspecified atom stereocenters. The lowest BCUT2D eigenvalue weighted by atomic mass is 10.1. The molecule has 3 heteroatoms. The predicted molar refractivity (Wildman–Crippen MR) is 97.4 cm³/mol. The molecule has 0 radical (unpaired) electrons. The summed E-state index contributed by atoms with van der Waals surface area (Å²) in [5.74, 6) is -0.267. The number of hydrogen-bond donors (Lipinski definition) is 0. The van der Waals surface area contributed by atoms with Crippen molar-refractivity contribution in [3.05, 3.63) is 71.4 Å². The van der Waals surface area contributed by atoms with Crippen molar-refractivity contribution in [1.82, 2.24) is 4.57 Å². The van der Waals surface area contributed by atoms with E-state index in [4.69, 9.17) is 4.74 Å². The number of nitrogens with zero attached hydrogens (tertiary/aromatic N) is 1. The van der Waals surface area contributed by atoms with Crippen LogP contribution in [0.3, 0.4) is 0 Å². The zero-order valence-electron chi connectivity index (χ0n) is 14.5. The van der Waals surface area contributed by atoms with Gasteiger partial charge in [-0.2, -0.15) is 0 Å². The van der Waals surface area contributed by atoms with Crippen LogP contribution in [0.1, 0.15) is 42.3 Å². The molecule has 3 rings (SSSR count). The summed E-state index contributed by atoms with van der Waals surface area (Å²) < 4.78 is 7.49. The Morgan fingerprint density at radius 3 is 2.67 bits per heavy atom. The summed E-state index contributed by atoms with van der Waals surface area (Å²) >= 11 is 0. The molecule has 0 atom stereocenters. The van der Waals surface area contributed by atoms with Crippen LogP contribution >= 0.6 is 0 Å². The zero-order valence-corrected chi connectivity index (χ0v) is 14.5. The predicted octanol–water partition coefficient (Wildman–Crippen LogP) is 4.82. The fourth-order valence-corrected chi connectivity index (χ4v) is 2.88. The minimum atomic E-state index is -0.267. The minimum Gasteiger partial charge on any atom is -0.459 e. The molecule has 24 heavy (non-hydrogen) atoms. The molecule has 0 aliphatic heterocycles. The highest BCUT2D eigenvalue weighted by Crippen LogP contribution is 2.20. The number of carbonyl (C=O) groups is 1. The summed E-state index contributed by atoms with van der Waals surface area (Å²) in [4.78, 5) is 12.1. The largest absolute Gasteiger partial charge is 0.459 e. The fourth-order valence-electron chi connectivity index (χ4n) is 2.88. The van der Waals surface area contributed by atoms with E-state index in [9.17, 15) is 4.79 Å². The van der Waals surface area contributed by atoms with Crippen LogP contribution in [0.15, 0.2) is 54.7 Å². The Morgan fingerprint density at radius 2 is 1.92 bits per heavy atom. The summed E-state index contributed by atoms with van der Waals surface area (Å²) in [5.41, 5.74) is 4.25. The summed E-state index contributed by atoms with van der Waals surface area (Å²) in [7, 11) is 0. The molecule has 124 valence electrons. The van der Waals surface area contributed by atoms with Gasteiger partial charge in [0.2, 0.25) is 0 Å². The smallest absolute Gasteiger partial charge is 0.338 e. The molecule has 3 nitrogen and oxygen atoms in total. The summed E-state index contributed by atoms with van der Waals surface area (Å²) in [6.07, 6.45) is 3.03. The van der Waals surface area contributed by atoms with Crippen molar-refractivity contribution in [1.29, 1.82) is 0 Å². The Balaban J connectivity index is 1.85. The Bertz CT molecular complexity index is 861. The zero-order chi connectivity index (χ0) is 17.1. The van der Waals surface area contributed by atoms with E-state index in [1.165, 1.54) is 16.5 Å². The van der Waals surface area contributed by atoms with Crippen molar-refractivity contribution >= 4 is 16.9 Å². The maximum absolute atomic E-state index is 12.1. The average Bonchev–Trinajstić information content (AvgIpc) is 2.96. The summed E-state index contributed by atoms with van der Waals surface area (Å²) in [6.45, 7) is 6.62. The molecule has 0 aliphatic carbocycles. The molecule has 0 bridgehead atoms. The number of carbonyl (C=O) groups excluding carboxylic acids is 1. The van der Waals surface area contributed by atoms with Crippen molar-refractivity contribution in [2.24, 2.45) is 0 Å². The molecule has 0 saturated carbocycles. The van der Waals surface area contributed by atoms with Crippen LogP contribution in [0, 0.1) is 0 Å². The third kappa shape index (κ3) is 3.51. The number of aryl methyl sites for hydroxylation is 1. The van der Waals surface area contributed by atoms with Crippen molar-refractivity contribution in [2.45, 2.75) is 39.8 Å². The van der Waals surface area contributed by atoms with E-state index in [2.05, 4.69) is 42.0 Å². The Hall–Kier alpha value is -2.55. The van der Waals surface area contributed by atoms with Gasteiger partial charge >= 0.3 is 5.97 Å². The van der Waals surface area contributed by atoms with Crippen LogP contribution in [0.25, 0.3) is 10.9 Å². The van der Waals surface area contributed by atoms with Gasteiger partial charge in [0.05, 0.1) is 11.7 Å². The van der Waals surface area contributed by atoms with Gasteiger partial charge in [-0.25, -0.2) is 4.79 Å². The van der Waals surface area contributed by atoms with Crippen LogP contribution < -0.4 is 0 Å². The van der Waals surface area contributed by atoms with E-state index >= 15 is 0 Å². The number of rotatable bonds is 5. The van der Waals surface area contributed by atoms with Gasteiger partial charge in [0.25, 0.3) is 0 Å². The maximum Gasteiger partial charge on any atom is 0.338 e. The molecule has 0 fully saturated rings. The highest BCUT2D eigenvalue weighted by atomic mass is 16.5. The van der Waals surface area contributed by atoms with Crippen LogP contribution in [0.2, 0.25) is 0 Å². The third-order valence-electron chi connectivity index (χ3n) is 4.10. The van der Waals surface area contributed by atoms with Crippen LogP contribution in [-0.4, -0.2) is 16.6 Å². The molecular formula is C21H23NO2. The van der Waals surface area contributed by atoms with E-state index in [0.717, 1.165) is 18.5 Å². The second-order valence-corrected chi connectivity index (χ2v) is 6.34. The lowest BCUT2D eigenvalue weighted by molar-refractivity contribution is 0.0378. The molecule has 3 aromatic rings. The molecule has 0 aliphatic rings. The monoisotopic (exact) mass is 321 g/mol. The Morgan fingerprint density at radius 1 is 1.08 bits per heavy atom. The molecule has 2 aromatic carbocycles. The van der Waals surface area contributed by atoms with Crippen molar-refractivity contribution in [2.75, 3.05) is 0 Å². The van der Waals surface area contributed by atoms with Gasteiger partial charge in [-0.15, -0.1) is 0 Å². The second-order valence-electron chi connectivity index (χ2n) is 6.34. The van der Waals surface area contributed by atoms with Gasteiger partial charge in [0.15, 0.2) is 0 Å². The van der Waals surface area contributed by atoms with Gasteiger partial charge in [-0.3, -0.25) is 0 Å². The SMILES string of the molecule is CCc1ccc2c(ccn2Cc2cccc(C(=O)OC(C)C)c2)c1. The van der Waals surface area contributed by atoms with E-state index in [1.807, 2.05) is 32.0 Å². The average molecular weight is 321 g/mol. The lowest BCUT2D eigenvalue weighted by Gasteiger charge is -2.10. The van der Waals surface area contributed by atoms with E-state index in [-0.39, 0.29) is 12.1 Å². The number of esters is 1. The number of fused-ring (bicyclic) bond motifs is 1. The summed E-state index contributed by atoms with van der Waals surface area (Å²) in [6, 6.07) is 16.4. The lowest BCUT2D eigenvalue weighted by Crippen LogP contribution is -2.12. The van der Waals surface area contributed by atoms with E-state index in [1.54, 1.807) is 6.07 Å². The number of benzene rings is 2. The first kappa shape index (κ1) is 16.3. The normalized spacial score (nSPS) is 11.2. The van der Waals surface area contributed by atoms with Crippen molar-refractivity contribution < 1.29 is 9.53 Å². The third-order valence-corrected chi connectivity index (χ3v) is 4.10. The molecule has 1 aromatic heterocycles. The second kappa shape index (κ2) is 6.91. The number of aromatic nitrogens is 1. The van der Waals surface area contributed by atoms with Gasteiger partial charge in [0.1, 0.15) is 0 Å². The van der Waals surface area contributed by atoms with Gasteiger partial charge < -0.3 is 9.30 Å². The first-order valence-corrected chi connectivity index (χ1v) is 8.44. The number of hydrogen-bond acceptors (Lipinski definition) is 2. The molecular weight excluding hydrogens is 298 g/mol. The van der Waals surface area contributed by atoms with Crippen molar-refractivity contribution in [3.63, 3.8) is 0 Å². The summed E-state index contributed by atoms with van der Waals surface area (Å²) in [5, 5.41) is 1.25. The quantitative estimate of drug-likeness (QED) is 0.631. The van der Waals surface area contributed by atoms with Crippen LogP contribution in [0.4, 0.5) is 0 Å². The minimum absolute atomic E-state index is 0.109. The van der Waals surface area contributed by atoms with Crippen LogP contribution in [0.5, 0.6) is 0 Å². The van der Waals surface area contributed by atoms with Gasteiger partial charge in [0, 0.05) is 18.3 Å². The van der Waals surface area contributed by atoms with Gasteiger partial charge in [-0.05, 0) is 67.1 Å². The van der Waals surface area contributed by atoms with E-state index in [0.29, 0.717) is 5.56 Å². The fraction of sp³-hybridized carbons (Fsp3) is 0.286.